The number of aromatic nitrogens is 2. The van der Waals surface area contributed by atoms with Crippen molar-refractivity contribution in [2.45, 2.75) is 32.2 Å². The molecule has 0 fully saturated rings. The van der Waals surface area contributed by atoms with E-state index in [4.69, 9.17) is 0 Å². The Bertz CT molecular complexity index is 849. The van der Waals surface area contributed by atoms with Crippen LogP contribution in [0.2, 0.25) is 0 Å². The normalized spacial score (nSPS) is 11.0. The summed E-state index contributed by atoms with van der Waals surface area (Å²) in [6.07, 6.45) is 3.48. The van der Waals surface area contributed by atoms with Crippen molar-refractivity contribution in [1.29, 1.82) is 0 Å². The van der Waals surface area contributed by atoms with Crippen LogP contribution in [-0.2, 0) is 17.8 Å². The van der Waals surface area contributed by atoms with Crippen LogP contribution >= 0.6 is 11.3 Å². The van der Waals surface area contributed by atoms with E-state index in [1.807, 2.05) is 24.3 Å². The highest BCUT2D eigenvalue weighted by Crippen LogP contribution is 2.12. The second-order valence-electron chi connectivity index (χ2n) is 5.74. The number of benzene rings is 1. The van der Waals surface area contributed by atoms with Crippen LogP contribution in [0.3, 0.4) is 0 Å². The average Bonchev–Trinajstić information content (AvgIpc) is 3.20. The number of rotatable bonds is 8. The fourth-order valence-corrected chi connectivity index (χ4v) is 3.52. The first-order valence-corrected chi connectivity index (χ1v) is 9.08. The van der Waals surface area contributed by atoms with Gasteiger partial charge in [-0.2, -0.15) is 0 Å². The summed E-state index contributed by atoms with van der Waals surface area (Å²) < 4.78 is 1.66. The summed E-state index contributed by atoms with van der Waals surface area (Å²) in [4.78, 5) is 28.0. The molecule has 2 heterocycles. The highest BCUT2D eigenvalue weighted by Gasteiger charge is 2.06. The zero-order valence-electron chi connectivity index (χ0n) is 13.5. The molecule has 0 radical (unpaired) electrons. The third-order valence-electron chi connectivity index (χ3n) is 4.00. The number of hydrogen-bond acceptors (Lipinski definition) is 3. The van der Waals surface area contributed by atoms with Crippen LogP contribution in [0.4, 0.5) is 0 Å². The number of aryl methyl sites for hydroxylation is 1. The molecule has 6 heteroatoms. The number of H-pyrrole nitrogens is 1. The van der Waals surface area contributed by atoms with Gasteiger partial charge in [-0.25, -0.2) is 4.79 Å². The molecule has 24 heavy (non-hydrogen) atoms. The number of carbonyl (C=O) groups is 1. The molecule has 0 aliphatic carbocycles. The summed E-state index contributed by atoms with van der Waals surface area (Å²) in [6.45, 7) is 0.940. The van der Waals surface area contributed by atoms with Crippen molar-refractivity contribution >= 4 is 28.3 Å². The van der Waals surface area contributed by atoms with Crippen LogP contribution in [0.1, 0.15) is 24.1 Å². The Morgan fingerprint density at radius 1 is 1.17 bits per heavy atom. The molecule has 5 nitrogen and oxygen atoms in total. The smallest absolute Gasteiger partial charge is 0.326 e. The second-order valence-corrected chi connectivity index (χ2v) is 6.77. The maximum atomic E-state index is 11.9. The lowest BCUT2D eigenvalue weighted by Crippen LogP contribution is -2.29. The number of nitrogens with one attached hydrogen (secondary N) is 2. The maximum absolute atomic E-state index is 11.9. The zero-order chi connectivity index (χ0) is 16.8. The van der Waals surface area contributed by atoms with Gasteiger partial charge in [0.2, 0.25) is 5.91 Å². The summed E-state index contributed by atoms with van der Waals surface area (Å²) in [5, 5.41) is 4.97. The molecular weight excluding hydrogens is 322 g/mol. The Balaban J connectivity index is 1.40. The van der Waals surface area contributed by atoms with Gasteiger partial charge in [-0.1, -0.05) is 18.2 Å². The lowest BCUT2D eigenvalue weighted by molar-refractivity contribution is -0.121. The lowest BCUT2D eigenvalue weighted by Gasteiger charge is -2.06. The highest BCUT2D eigenvalue weighted by atomic mass is 32.1. The first-order valence-electron chi connectivity index (χ1n) is 8.20. The van der Waals surface area contributed by atoms with Gasteiger partial charge in [0.1, 0.15) is 0 Å². The second kappa shape index (κ2) is 7.97. The van der Waals surface area contributed by atoms with Gasteiger partial charge in [0.15, 0.2) is 0 Å². The highest BCUT2D eigenvalue weighted by molar-refractivity contribution is 7.09. The van der Waals surface area contributed by atoms with E-state index < -0.39 is 0 Å². The van der Waals surface area contributed by atoms with Crippen molar-refractivity contribution in [2.75, 3.05) is 6.54 Å². The Labute approximate surface area is 144 Å². The van der Waals surface area contributed by atoms with E-state index in [0.29, 0.717) is 19.5 Å². The van der Waals surface area contributed by atoms with Gasteiger partial charge in [0.25, 0.3) is 0 Å². The summed E-state index contributed by atoms with van der Waals surface area (Å²) in [7, 11) is 0. The Kier molecular flexibility index (Phi) is 5.48. The summed E-state index contributed by atoms with van der Waals surface area (Å²) in [6, 6.07) is 11.8. The molecule has 3 rings (SSSR count). The van der Waals surface area contributed by atoms with Crippen molar-refractivity contribution in [1.82, 2.24) is 14.9 Å². The number of imidazole rings is 1. The summed E-state index contributed by atoms with van der Waals surface area (Å²) >= 11 is 1.76. The first kappa shape index (κ1) is 16.5. The molecule has 1 amide bonds. The topological polar surface area (TPSA) is 66.9 Å². The van der Waals surface area contributed by atoms with Gasteiger partial charge in [-0.05, 0) is 42.8 Å². The first-order chi connectivity index (χ1) is 11.7. The van der Waals surface area contributed by atoms with Gasteiger partial charge in [-0.15, -0.1) is 11.3 Å². The van der Waals surface area contributed by atoms with Crippen molar-refractivity contribution in [3.05, 3.63) is 57.1 Å². The van der Waals surface area contributed by atoms with Crippen LogP contribution in [0.25, 0.3) is 11.0 Å². The minimum absolute atomic E-state index is 0.0501. The quantitative estimate of drug-likeness (QED) is 0.618. The molecule has 0 bridgehead atoms. The van der Waals surface area contributed by atoms with Gasteiger partial charge in [-0.3, -0.25) is 9.36 Å². The van der Waals surface area contributed by atoms with Crippen LogP contribution < -0.4 is 11.0 Å². The molecule has 1 aromatic carbocycles. The number of carbonyl (C=O) groups excluding carboxylic acids is 1. The number of fused-ring (bicyclic) bond motifs is 1. The van der Waals surface area contributed by atoms with Gasteiger partial charge >= 0.3 is 5.69 Å². The Morgan fingerprint density at radius 2 is 2.04 bits per heavy atom. The molecule has 0 saturated heterocycles. The number of aromatic amines is 1. The average molecular weight is 343 g/mol. The third kappa shape index (κ3) is 4.14. The van der Waals surface area contributed by atoms with E-state index in [1.54, 1.807) is 15.9 Å². The van der Waals surface area contributed by atoms with Crippen LogP contribution in [-0.4, -0.2) is 22.0 Å². The van der Waals surface area contributed by atoms with Gasteiger partial charge in [0.05, 0.1) is 11.0 Å². The molecule has 2 aromatic heterocycles. The fraction of sp³-hybridized carbons (Fsp3) is 0.333. The molecule has 3 aromatic rings. The third-order valence-corrected chi connectivity index (χ3v) is 4.93. The maximum Gasteiger partial charge on any atom is 0.326 e. The molecule has 126 valence electrons. The van der Waals surface area contributed by atoms with Crippen LogP contribution in [0.15, 0.2) is 46.6 Å². The van der Waals surface area contributed by atoms with E-state index in [9.17, 15) is 9.59 Å². The monoisotopic (exact) mass is 343 g/mol. The largest absolute Gasteiger partial charge is 0.354 e. The van der Waals surface area contributed by atoms with Crippen molar-refractivity contribution in [3.63, 3.8) is 0 Å². The van der Waals surface area contributed by atoms with Gasteiger partial charge < -0.3 is 10.3 Å². The number of amides is 1. The molecule has 0 aliphatic rings. The fourth-order valence-electron chi connectivity index (χ4n) is 2.76. The van der Waals surface area contributed by atoms with Gasteiger partial charge in [0, 0.05) is 24.4 Å². The SMILES string of the molecule is O=C(CCCCc1cccs1)NCCn1c(=O)[nH]c2ccccc21. The van der Waals surface area contributed by atoms with Crippen molar-refractivity contribution in [2.24, 2.45) is 0 Å². The zero-order valence-corrected chi connectivity index (χ0v) is 14.3. The minimum Gasteiger partial charge on any atom is -0.354 e. The molecule has 0 unspecified atom stereocenters. The number of thiophene rings is 1. The molecule has 0 saturated carbocycles. The molecule has 0 aliphatic heterocycles. The predicted molar refractivity (Wildman–Crippen MR) is 97.4 cm³/mol. The van der Waals surface area contributed by atoms with E-state index in [2.05, 4.69) is 27.8 Å². The number of nitrogens with zero attached hydrogens (tertiary/aromatic N) is 1. The van der Waals surface area contributed by atoms with E-state index in [0.717, 1.165) is 30.3 Å². The number of para-hydroxylation sites is 2. The molecule has 0 atom stereocenters. The molecule has 2 N–H and O–H groups in total. The van der Waals surface area contributed by atoms with E-state index >= 15 is 0 Å². The van der Waals surface area contributed by atoms with Crippen molar-refractivity contribution < 1.29 is 4.79 Å². The Morgan fingerprint density at radius 3 is 2.88 bits per heavy atom. The standard InChI is InChI=1S/C18H21N3O2S/c22-17(10-4-1-6-14-7-5-13-24-14)19-11-12-21-16-9-3-2-8-15(16)20-18(21)23/h2-3,5,7-9,13H,1,4,6,10-12H2,(H,19,22)(H,20,23). The number of unbranched alkanes of at least 4 members (excludes halogenated alkanes) is 1. The minimum atomic E-state index is -0.138. The summed E-state index contributed by atoms with van der Waals surface area (Å²) in [5.41, 5.74) is 1.55. The molecular formula is C18H21N3O2S. The number of hydrogen-bond donors (Lipinski definition) is 2. The van der Waals surface area contributed by atoms with Crippen LogP contribution in [0, 0.1) is 0 Å². The summed E-state index contributed by atoms with van der Waals surface area (Å²) in [5.74, 6) is 0.0501. The van der Waals surface area contributed by atoms with Crippen LogP contribution in [0.5, 0.6) is 0 Å². The predicted octanol–water partition coefficient (Wildman–Crippen LogP) is 2.92. The molecule has 0 spiro atoms. The Hall–Kier alpha value is -2.34. The van der Waals surface area contributed by atoms with Crippen molar-refractivity contribution in [3.8, 4) is 0 Å². The lowest BCUT2D eigenvalue weighted by atomic mass is 10.1. The van der Waals surface area contributed by atoms with E-state index in [1.165, 1.54) is 4.88 Å². The van der Waals surface area contributed by atoms with E-state index in [-0.39, 0.29) is 11.6 Å².